The van der Waals surface area contributed by atoms with Crippen LogP contribution in [0.3, 0.4) is 0 Å². The minimum Gasteiger partial charge on any atom is -0.391 e. The van der Waals surface area contributed by atoms with Crippen molar-refractivity contribution in [3.05, 3.63) is 12.2 Å². The number of carbonyl (C=O) groups is 1. The van der Waals surface area contributed by atoms with Gasteiger partial charge in [0.1, 0.15) is 12.2 Å². The molecule has 1 heterocycles. The van der Waals surface area contributed by atoms with E-state index in [0.717, 1.165) is 6.42 Å². The second kappa shape index (κ2) is 6.67. The van der Waals surface area contributed by atoms with E-state index in [-0.39, 0.29) is 30.3 Å². The first-order valence-corrected chi connectivity index (χ1v) is 5.72. The molecule has 1 aliphatic rings. The van der Waals surface area contributed by atoms with Gasteiger partial charge in [0.15, 0.2) is 0 Å². The van der Waals surface area contributed by atoms with Crippen molar-refractivity contribution in [3.63, 3.8) is 0 Å². The zero-order chi connectivity index (χ0) is 12.3. The normalized spacial score (nSPS) is 27.3. The molecule has 5 N–H and O–H groups in total. The number of nitrogens with one attached hydrogen (secondary N) is 2. The van der Waals surface area contributed by atoms with E-state index in [4.69, 9.17) is 5.73 Å². The van der Waals surface area contributed by atoms with E-state index in [9.17, 15) is 9.90 Å². The Bertz CT molecular complexity index is 372. The minimum absolute atomic E-state index is 0. The van der Waals surface area contributed by atoms with Crippen molar-refractivity contribution in [2.75, 3.05) is 0 Å². The van der Waals surface area contributed by atoms with Crippen LogP contribution in [-0.2, 0) is 11.3 Å². The van der Waals surface area contributed by atoms with E-state index in [2.05, 4.69) is 20.5 Å². The first-order valence-electron chi connectivity index (χ1n) is 5.72. The fraction of sp³-hybridized carbons (Fsp3) is 0.700. The Labute approximate surface area is 111 Å². The van der Waals surface area contributed by atoms with Gasteiger partial charge < -0.3 is 16.2 Å². The van der Waals surface area contributed by atoms with Gasteiger partial charge in [-0.1, -0.05) is 0 Å². The molecule has 1 fully saturated rings. The van der Waals surface area contributed by atoms with Gasteiger partial charge in [-0.2, -0.15) is 5.10 Å². The molecule has 102 valence electrons. The van der Waals surface area contributed by atoms with Gasteiger partial charge in [0.2, 0.25) is 5.91 Å². The number of aliphatic hydroxyl groups excluding tert-OH is 1. The molecule has 0 unspecified atom stereocenters. The standard InChI is InChI=1S/C10H17N5O2.ClH/c11-7-2-1-6(3-8(7)16)10(17)12-4-9-13-5-14-15-9;/h5-8,16H,1-4,11H2,(H,12,17)(H,13,14,15);1H/t6-,7-,8-;/m0./s1. The summed E-state index contributed by atoms with van der Waals surface area (Å²) in [5.74, 6) is 0.395. The molecule has 0 spiro atoms. The molecule has 0 radical (unpaired) electrons. The molecule has 3 atom stereocenters. The molecule has 7 nitrogen and oxygen atoms in total. The van der Waals surface area contributed by atoms with Crippen LogP contribution < -0.4 is 11.1 Å². The predicted octanol–water partition coefficient (Wildman–Crippen LogP) is -0.669. The van der Waals surface area contributed by atoms with Crippen LogP contribution in [0.25, 0.3) is 0 Å². The van der Waals surface area contributed by atoms with Crippen LogP contribution in [0.5, 0.6) is 0 Å². The Balaban J connectivity index is 0.00000162. The van der Waals surface area contributed by atoms with Gasteiger partial charge >= 0.3 is 0 Å². The SMILES string of the molecule is Cl.N[C@H]1CC[C@H](C(=O)NCc2ncn[nH]2)C[C@@H]1O. The molecular weight excluding hydrogens is 258 g/mol. The number of amides is 1. The molecule has 1 aromatic rings. The van der Waals surface area contributed by atoms with Crippen molar-refractivity contribution in [1.29, 1.82) is 0 Å². The van der Waals surface area contributed by atoms with Crippen LogP contribution in [0.1, 0.15) is 25.1 Å². The highest BCUT2D eigenvalue weighted by atomic mass is 35.5. The summed E-state index contributed by atoms with van der Waals surface area (Å²) in [5, 5.41) is 18.7. The Morgan fingerprint density at radius 3 is 3.00 bits per heavy atom. The lowest BCUT2D eigenvalue weighted by Gasteiger charge is -2.29. The molecule has 0 bridgehead atoms. The van der Waals surface area contributed by atoms with Gasteiger partial charge in [0, 0.05) is 12.0 Å². The van der Waals surface area contributed by atoms with E-state index in [1.54, 1.807) is 0 Å². The van der Waals surface area contributed by atoms with Gasteiger partial charge in [0.05, 0.1) is 12.6 Å². The fourth-order valence-electron chi connectivity index (χ4n) is 2.04. The second-order valence-corrected chi connectivity index (χ2v) is 4.39. The lowest BCUT2D eigenvalue weighted by atomic mass is 9.84. The Kier molecular flexibility index (Phi) is 5.52. The lowest BCUT2D eigenvalue weighted by molar-refractivity contribution is -0.127. The molecule has 0 aromatic carbocycles. The maximum absolute atomic E-state index is 11.8. The maximum atomic E-state index is 11.8. The van der Waals surface area contributed by atoms with Crippen LogP contribution in [0.4, 0.5) is 0 Å². The summed E-state index contributed by atoms with van der Waals surface area (Å²) in [5.41, 5.74) is 5.69. The number of hydrogen-bond donors (Lipinski definition) is 4. The number of aliphatic hydroxyl groups is 1. The number of nitrogens with two attached hydrogens (primary N) is 1. The third-order valence-electron chi connectivity index (χ3n) is 3.13. The van der Waals surface area contributed by atoms with Crippen LogP contribution >= 0.6 is 12.4 Å². The van der Waals surface area contributed by atoms with E-state index in [1.165, 1.54) is 6.33 Å². The first-order chi connectivity index (χ1) is 8.16. The highest BCUT2D eigenvalue weighted by molar-refractivity contribution is 5.85. The van der Waals surface area contributed by atoms with Crippen LogP contribution in [0.2, 0.25) is 0 Å². The Morgan fingerprint density at radius 2 is 2.39 bits per heavy atom. The van der Waals surface area contributed by atoms with E-state index in [0.29, 0.717) is 25.2 Å². The monoisotopic (exact) mass is 275 g/mol. The predicted molar refractivity (Wildman–Crippen MR) is 66.8 cm³/mol. The number of aromatic amines is 1. The van der Waals surface area contributed by atoms with Crippen molar-refractivity contribution < 1.29 is 9.90 Å². The average molecular weight is 276 g/mol. The van der Waals surface area contributed by atoms with Gasteiger partial charge in [0.25, 0.3) is 0 Å². The Morgan fingerprint density at radius 1 is 1.61 bits per heavy atom. The summed E-state index contributed by atoms with van der Waals surface area (Å²) in [4.78, 5) is 15.7. The van der Waals surface area contributed by atoms with E-state index < -0.39 is 6.10 Å². The maximum Gasteiger partial charge on any atom is 0.223 e. The first kappa shape index (κ1) is 14.9. The van der Waals surface area contributed by atoms with Crippen LogP contribution in [-0.4, -0.2) is 38.3 Å². The Hall–Kier alpha value is -1.18. The zero-order valence-corrected chi connectivity index (χ0v) is 10.7. The molecule has 18 heavy (non-hydrogen) atoms. The molecular formula is C10H18ClN5O2. The second-order valence-electron chi connectivity index (χ2n) is 4.39. The molecule has 1 aliphatic carbocycles. The molecule has 1 amide bonds. The van der Waals surface area contributed by atoms with Crippen molar-refractivity contribution >= 4 is 18.3 Å². The number of hydrogen-bond acceptors (Lipinski definition) is 5. The number of nitrogens with zero attached hydrogens (tertiary/aromatic N) is 2. The van der Waals surface area contributed by atoms with Crippen molar-refractivity contribution in [3.8, 4) is 0 Å². The summed E-state index contributed by atoms with van der Waals surface area (Å²) < 4.78 is 0. The van der Waals surface area contributed by atoms with Crippen LogP contribution in [0.15, 0.2) is 6.33 Å². The smallest absolute Gasteiger partial charge is 0.223 e. The molecule has 1 aromatic heterocycles. The number of H-pyrrole nitrogens is 1. The summed E-state index contributed by atoms with van der Waals surface area (Å²) in [6, 6.07) is -0.201. The van der Waals surface area contributed by atoms with Gasteiger partial charge in [-0.15, -0.1) is 12.4 Å². The third kappa shape index (κ3) is 3.66. The molecule has 1 saturated carbocycles. The number of rotatable bonds is 3. The highest BCUT2D eigenvalue weighted by Gasteiger charge is 2.30. The summed E-state index contributed by atoms with van der Waals surface area (Å²) in [7, 11) is 0. The summed E-state index contributed by atoms with van der Waals surface area (Å²) >= 11 is 0. The average Bonchev–Trinajstić information content (AvgIpc) is 2.82. The zero-order valence-electron chi connectivity index (χ0n) is 9.87. The number of halogens is 1. The topological polar surface area (TPSA) is 117 Å². The molecule has 2 rings (SSSR count). The summed E-state index contributed by atoms with van der Waals surface area (Å²) in [6.45, 7) is 0.331. The third-order valence-corrected chi connectivity index (χ3v) is 3.13. The van der Waals surface area contributed by atoms with E-state index >= 15 is 0 Å². The largest absolute Gasteiger partial charge is 0.391 e. The van der Waals surface area contributed by atoms with Crippen molar-refractivity contribution in [2.45, 2.75) is 38.0 Å². The highest BCUT2D eigenvalue weighted by Crippen LogP contribution is 2.23. The van der Waals surface area contributed by atoms with Crippen molar-refractivity contribution in [2.24, 2.45) is 11.7 Å². The fourth-order valence-corrected chi connectivity index (χ4v) is 2.04. The lowest BCUT2D eigenvalue weighted by Crippen LogP contribution is -2.44. The van der Waals surface area contributed by atoms with E-state index in [1.807, 2.05) is 0 Å². The molecule has 0 aliphatic heterocycles. The molecule has 0 saturated heterocycles. The quantitative estimate of drug-likeness (QED) is 0.584. The van der Waals surface area contributed by atoms with Gasteiger partial charge in [-0.05, 0) is 19.3 Å². The van der Waals surface area contributed by atoms with Crippen LogP contribution in [0, 0.1) is 5.92 Å². The summed E-state index contributed by atoms with van der Waals surface area (Å²) in [6.07, 6.45) is 2.65. The number of carbonyl (C=O) groups excluding carboxylic acids is 1. The van der Waals surface area contributed by atoms with Gasteiger partial charge in [-0.25, -0.2) is 4.98 Å². The molecule has 8 heteroatoms. The van der Waals surface area contributed by atoms with Crippen molar-refractivity contribution in [1.82, 2.24) is 20.5 Å². The minimum atomic E-state index is -0.579. The number of aromatic nitrogens is 3. The van der Waals surface area contributed by atoms with Gasteiger partial charge in [-0.3, -0.25) is 9.89 Å².